The van der Waals surface area contributed by atoms with Crippen molar-refractivity contribution in [2.75, 3.05) is 25.5 Å². The number of hydrogen-bond donors (Lipinski definition) is 5. The summed E-state index contributed by atoms with van der Waals surface area (Å²) >= 11 is 1.11. The Balaban J connectivity index is 1.49. The van der Waals surface area contributed by atoms with Gasteiger partial charge in [0, 0.05) is 0 Å². The number of aromatic nitrogens is 2. The summed E-state index contributed by atoms with van der Waals surface area (Å²) in [6.45, 7) is 4.56. The van der Waals surface area contributed by atoms with Crippen LogP contribution in [0.3, 0.4) is 0 Å². The Morgan fingerprint density at radius 2 is 2.29 bits per heavy atom. The Morgan fingerprint density at radius 1 is 1.51 bits per heavy atom. The number of ether oxygens (including phenoxy) is 1. The van der Waals surface area contributed by atoms with E-state index in [1.165, 1.54) is 11.9 Å². The fourth-order valence-electron chi connectivity index (χ4n) is 4.43. The van der Waals surface area contributed by atoms with Crippen molar-refractivity contribution in [3.05, 3.63) is 47.2 Å². The van der Waals surface area contributed by atoms with Crippen molar-refractivity contribution in [1.82, 2.24) is 14.2 Å². The van der Waals surface area contributed by atoms with Crippen LogP contribution in [0.4, 0.5) is 5.82 Å². The number of hydrogen-bond acceptors (Lipinski definition) is 10. The van der Waals surface area contributed by atoms with Crippen molar-refractivity contribution in [3.8, 4) is 0 Å². The molecular weight excluding hydrogens is 668 g/mol. The zero-order valence-corrected chi connectivity index (χ0v) is 24.0. The van der Waals surface area contributed by atoms with Crippen LogP contribution in [0.2, 0.25) is 0 Å². The third kappa shape index (κ3) is 6.03. The van der Waals surface area contributed by atoms with Crippen LogP contribution in [0, 0.1) is 0 Å². The predicted molar refractivity (Wildman–Crippen MR) is 134 cm³/mol. The van der Waals surface area contributed by atoms with Crippen molar-refractivity contribution >= 4 is 45.1 Å². The first-order valence-electron chi connectivity index (χ1n) is 11.3. The summed E-state index contributed by atoms with van der Waals surface area (Å²) in [6, 6.07) is 0. The minimum atomic E-state index is -1.21. The molecule has 0 spiro atoms. The van der Waals surface area contributed by atoms with E-state index in [4.69, 9.17) is 15.0 Å². The van der Waals surface area contributed by atoms with Gasteiger partial charge in [0.15, 0.2) is 12.2 Å². The Hall–Kier alpha value is -1.21. The van der Waals surface area contributed by atoms with Gasteiger partial charge in [0.05, 0.1) is 0 Å². The average Bonchev–Trinajstić information content (AvgIpc) is 3.33. The van der Waals surface area contributed by atoms with Gasteiger partial charge in [-0.3, -0.25) is 0 Å². The summed E-state index contributed by atoms with van der Waals surface area (Å²) in [5, 5.41) is 35.4. The fraction of sp³-hybridized carbons (Fsp3) is 0.545. The molecule has 3 heterocycles. The number of fused-ring (bicyclic) bond motifs is 1. The van der Waals surface area contributed by atoms with Crippen molar-refractivity contribution in [1.29, 1.82) is 0 Å². The molecule has 0 bridgehead atoms. The first-order chi connectivity index (χ1) is 16.6. The molecule has 1 saturated heterocycles. The predicted octanol–water partition coefficient (Wildman–Crippen LogP) is 1.19. The molecule has 1 aromatic heterocycles. The molecule has 4 rings (SSSR count). The zero-order valence-electron chi connectivity index (χ0n) is 19.9. The normalized spacial score (nSPS) is 31.2. The molecule has 1 radical (unpaired) electrons. The van der Waals surface area contributed by atoms with E-state index in [1.807, 2.05) is 19.2 Å². The number of guanidine groups is 1. The van der Waals surface area contributed by atoms with Crippen LogP contribution in [-0.4, -0.2) is 96.2 Å². The molecule has 35 heavy (non-hydrogen) atoms. The number of nitrogens with one attached hydrogen (secondary N) is 1. The number of anilines is 1. The maximum absolute atomic E-state index is 11.2. The van der Waals surface area contributed by atoms with Crippen LogP contribution < -0.4 is 11.1 Å². The third-order valence-electron chi connectivity index (χ3n) is 6.07. The van der Waals surface area contributed by atoms with E-state index in [0.29, 0.717) is 24.5 Å². The van der Waals surface area contributed by atoms with Gasteiger partial charge in [-0.2, -0.15) is 0 Å². The molecule has 0 amide bonds. The van der Waals surface area contributed by atoms with Gasteiger partial charge in [0.25, 0.3) is 0 Å². The number of allylic oxidation sites excluding steroid dienone is 6. The number of aliphatic hydroxyl groups excluding tert-OH is 2. The van der Waals surface area contributed by atoms with Crippen molar-refractivity contribution in [2.45, 2.75) is 54.6 Å². The van der Waals surface area contributed by atoms with Gasteiger partial charge in [-0.1, -0.05) is 0 Å². The fourth-order valence-corrected chi connectivity index (χ4v) is 7.70. The molecular formula is C22H32N6O5PPo. The van der Waals surface area contributed by atoms with Crippen LogP contribution in [0.5, 0.6) is 0 Å². The Kier molecular flexibility index (Phi) is 8.46. The van der Waals surface area contributed by atoms with E-state index >= 15 is 0 Å². The summed E-state index contributed by atoms with van der Waals surface area (Å²) in [5.41, 5.74) is 6.09. The molecule has 3 aliphatic rings. The van der Waals surface area contributed by atoms with Gasteiger partial charge in [0.1, 0.15) is 0 Å². The van der Waals surface area contributed by atoms with E-state index < -0.39 is 30.1 Å². The molecule has 191 valence electrons. The molecule has 0 aromatic carbocycles. The van der Waals surface area contributed by atoms with Crippen molar-refractivity contribution in [2.24, 2.45) is 10.7 Å². The molecule has 13 heteroatoms. The van der Waals surface area contributed by atoms with E-state index in [1.54, 1.807) is 11.5 Å². The zero-order chi connectivity index (χ0) is 25.3. The second-order valence-corrected chi connectivity index (χ2v) is 13.3. The summed E-state index contributed by atoms with van der Waals surface area (Å²) < 4.78 is 16.0. The first kappa shape index (κ1) is 26.8. The van der Waals surface area contributed by atoms with Gasteiger partial charge in [-0.05, 0) is 0 Å². The number of imidazole rings is 1. The van der Waals surface area contributed by atoms with E-state index in [-0.39, 0.29) is 18.7 Å². The van der Waals surface area contributed by atoms with Gasteiger partial charge in [0.2, 0.25) is 0 Å². The number of rotatable bonds is 8. The molecule has 1 fully saturated rings. The summed E-state index contributed by atoms with van der Waals surface area (Å²) in [6.07, 6.45) is 8.64. The van der Waals surface area contributed by atoms with Crippen LogP contribution in [0.15, 0.2) is 46.5 Å². The van der Waals surface area contributed by atoms with Crippen LogP contribution in [0.1, 0.15) is 44.8 Å². The second kappa shape index (κ2) is 11.0. The number of aliphatic hydroxyl groups is 3. The number of likely N-dealkylation sites (N-methyl/N-ethyl adjacent to an activating group) is 1. The summed E-state index contributed by atoms with van der Waals surface area (Å²) in [4.78, 5) is 8.09. The van der Waals surface area contributed by atoms with E-state index in [2.05, 4.69) is 39.0 Å². The van der Waals surface area contributed by atoms with E-state index in [9.17, 15) is 15.3 Å². The van der Waals surface area contributed by atoms with Crippen LogP contribution in [-0.2, 0) is 9.26 Å². The summed E-state index contributed by atoms with van der Waals surface area (Å²) in [5.74, 6) is 0.504. The second-order valence-electron chi connectivity index (χ2n) is 9.04. The van der Waals surface area contributed by atoms with Gasteiger partial charge in [-0.25, -0.2) is 4.99 Å². The molecule has 2 aliphatic heterocycles. The minimum absolute atomic E-state index is 0.0630. The SMILES string of the molecule is C/C(=C1\C=CC=CC1)P(OC[C@H]1CC(C)(O)[C@@H](n2cnc3c2NC(N)=NC3O)O1)N(C)C[CH](O)[Po]. The van der Waals surface area contributed by atoms with Crippen LogP contribution in [0.25, 0.3) is 0 Å². The first-order valence-corrected chi connectivity index (χ1v) is 14.3. The number of aliphatic imine (C=N–C) groups is 1. The van der Waals surface area contributed by atoms with E-state index in [0.717, 1.165) is 36.8 Å². The molecule has 1 aromatic rings. The van der Waals surface area contributed by atoms with Gasteiger partial charge in [-0.15, -0.1) is 0 Å². The van der Waals surface area contributed by atoms with Gasteiger partial charge >= 0.3 is 194 Å². The maximum atomic E-state index is 11.2. The topological polar surface area (TPSA) is 151 Å². The third-order valence-corrected chi connectivity index (χ3v) is 8.69. The monoisotopic (exact) mass is 700 g/mol. The molecule has 6 N–H and O–H groups in total. The Morgan fingerprint density at radius 3 is 2.97 bits per heavy atom. The van der Waals surface area contributed by atoms with Crippen molar-refractivity contribution < 1.29 is 24.6 Å². The summed E-state index contributed by atoms with van der Waals surface area (Å²) in [7, 11) is 0.816. The molecule has 11 nitrogen and oxygen atoms in total. The Labute approximate surface area is 221 Å². The Bertz CT molecular complexity index is 1060. The molecule has 1 aliphatic carbocycles. The standard InChI is InChI=1S/C22H32N6O5P.Po/c1-14(15-7-5-4-6-8-15)34(27(3)9-10-29)32-12-16-11-22(2,31)20(33-16)28-13-24-17-18(28)25-21(23)26-19(17)30;/h4-7,10,13,16,19-20,29-31H,8-9,11-12H2,1-3H3,(H3,23,25,26);/b15-14-;/t16-,19?,20+,22?,34?;/m1./s1. The van der Waals surface area contributed by atoms with Crippen molar-refractivity contribution in [3.63, 3.8) is 0 Å². The molecule has 0 saturated carbocycles. The van der Waals surface area contributed by atoms with Crippen LogP contribution >= 0.6 is 8.30 Å². The molecule has 4 unspecified atom stereocenters. The average molecular weight is 701 g/mol. The quantitative estimate of drug-likeness (QED) is 0.252. The number of nitrogens with zero attached hydrogens (tertiary/aromatic N) is 4. The van der Waals surface area contributed by atoms with Gasteiger partial charge < -0.3 is 10.8 Å². The molecule has 6 atom stereocenters. The number of nitrogens with two attached hydrogens (primary N) is 1.